The Bertz CT molecular complexity index is 711. The zero-order chi connectivity index (χ0) is 15.6. The Labute approximate surface area is 134 Å². The van der Waals surface area contributed by atoms with Crippen molar-refractivity contribution in [3.63, 3.8) is 0 Å². The van der Waals surface area contributed by atoms with E-state index in [1.807, 2.05) is 12.1 Å². The average molecular weight is 310 g/mol. The summed E-state index contributed by atoms with van der Waals surface area (Å²) in [5, 5.41) is 3.39. The van der Waals surface area contributed by atoms with E-state index in [-0.39, 0.29) is 6.23 Å². The number of fused-ring (bicyclic) bond motifs is 1. The largest absolute Gasteiger partial charge is 0.363 e. The van der Waals surface area contributed by atoms with Gasteiger partial charge in [0.05, 0.1) is 12.4 Å². The van der Waals surface area contributed by atoms with E-state index in [4.69, 9.17) is 4.74 Å². The van der Waals surface area contributed by atoms with E-state index in [9.17, 15) is 4.79 Å². The lowest BCUT2D eigenvalue weighted by Crippen LogP contribution is -2.39. The van der Waals surface area contributed by atoms with Gasteiger partial charge in [0.15, 0.2) is 5.82 Å². The van der Waals surface area contributed by atoms with E-state index < -0.39 is 0 Å². The molecule has 6 nitrogen and oxygen atoms in total. The number of aromatic nitrogens is 2. The number of hydrogen-bond donors (Lipinski definition) is 1. The molecule has 1 aromatic heterocycles. The molecule has 0 saturated carbocycles. The van der Waals surface area contributed by atoms with Gasteiger partial charge in [0, 0.05) is 17.7 Å². The molecule has 23 heavy (non-hydrogen) atoms. The highest BCUT2D eigenvalue weighted by atomic mass is 16.5. The van der Waals surface area contributed by atoms with Gasteiger partial charge in [-0.25, -0.2) is 9.97 Å². The number of nitrogens with one attached hydrogen (secondary N) is 1. The monoisotopic (exact) mass is 310 g/mol. The van der Waals surface area contributed by atoms with Crippen LogP contribution in [0.25, 0.3) is 11.3 Å². The Morgan fingerprint density at radius 2 is 2.09 bits per heavy atom. The smallest absolute Gasteiger partial charge is 0.159 e. The van der Waals surface area contributed by atoms with Crippen LogP contribution in [0.5, 0.6) is 0 Å². The standard InChI is InChI=1S/C17H18N4O2/c22-9-12-4-6-13(7-5-12)15-16-17(19-10-18-15)21(11-20-16)14-3-1-2-8-23-14/h4-7,9-10,14,20H,1-3,8,11H2. The van der Waals surface area contributed by atoms with Crippen molar-refractivity contribution in [2.75, 3.05) is 23.5 Å². The van der Waals surface area contributed by atoms with Crippen molar-refractivity contribution in [3.05, 3.63) is 36.2 Å². The molecule has 1 aromatic carbocycles. The summed E-state index contributed by atoms with van der Waals surface area (Å²) in [5.74, 6) is 0.890. The lowest BCUT2D eigenvalue weighted by Gasteiger charge is -2.31. The van der Waals surface area contributed by atoms with Crippen molar-refractivity contribution in [1.29, 1.82) is 0 Å². The molecule has 1 atom stereocenters. The summed E-state index contributed by atoms with van der Waals surface area (Å²) in [5.41, 5.74) is 3.41. The van der Waals surface area contributed by atoms with Crippen LogP contribution in [-0.2, 0) is 4.74 Å². The number of nitrogens with zero attached hydrogens (tertiary/aromatic N) is 3. The molecule has 2 aliphatic rings. The first kappa shape index (κ1) is 14.1. The van der Waals surface area contributed by atoms with E-state index >= 15 is 0 Å². The van der Waals surface area contributed by atoms with Gasteiger partial charge in [-0.2, -0.15) is 0 Å². The predicted octanol–water partition coefficient (Wildman–Crippen LogP) is 2.67. The molecule has 1 fully saturated rings. The molecule has 0 radical (unpaired) electrons. The zero-order valence-electron chi connectivity index (χ0n) is 12.7. The molecule has 1 unspecified atom stereocenters. The maximum Gasteiger partial charge on any atom is 0.159 e. The van der Waals surface area contributed by atoms with Crippen molar-refractivity contribution in [3.8, 4) is 11.3 Å². The molecule has 118 valence electrons. The third-order valence-electron chi connectivity index (χ3n) is 4.35. The summed E-state index contributed by atoms with van der Waals surface area (Å²) < 4.78 is 5.88. The number of ether oxygens (including phenoxy) is 1. The fourth-order valence-electron chi connectivity index (χ4n) is 3.14. The quantitative estimate of drug-likeness (QED) is 0.879. The summed E-state index contributed by atoms with van der Waals surface area (Å²) in [6.45, 7) is 1.49. The van der Waals surface area contributed by atoms with Crippen molar-refractivity contribution in [2.45, 2.75) is 25.5 Å². The normalized spacial score (nSPS) is 20.0. The molecule has 0 aliphatic carbocycles. The van der Waals surface area contributed by atoms with Crippen molar-refractivity contribution >= 4 is 17.8 Å². The van der Waals surface area contributed by atoms with Gasteiger partial charge in [-0.05, 0) is 19.3 Å². The summed E-state index contributed by atoms with van der Waals surface area (Å²) >= 11 is 0. The van der Waals surface area contributed by atoms with Gasteiger partial charge < -0.3 is 15.0 Å². The third kappa shape index (κ3) is 2.55. The number of anilines is 2. The number of aldehydes is 1. The Hall–Kier alpha value is -2.47. The molecule has 4 rings (SSSR count). The minimum atomic E-state index is 0.0812. The lowest BCUT2D eigenvalue weighted by atomic mass is 10.1. The van der Waals surface area contributed by atoms with Crippen LogP contribution in [0.3, 0.4) is 0 Å². The van der Waals surface area contributed by atoms with E-state index in [2.05, 4.69) is 20.2 Å². The van der Waals surface area contributed by atoms with Crippen LogP contribution in [0.2, 0.25) is 0 Å². The Morgan fingerprint density at radius 1 is 1.22 bits per heavy atom. The van der Waals surface area contributed by atoms with Gasteiger partial charge in [0.1, 0.15) is 24.5 Å². The molecule has 2 aromatic rings. The van der Waals surface area contributed by atoms with E-state index in [1.165, 1.54) is 6.42 Å². The van der Waals surface area contributed by atoms with Crippen LogP contribution in [-0.4, -0.2) is 35.8 Å². The fraction of sp³-hybridized carbons (Fsp3) is 0.353. The van der Waals surface area contributed by atoms with Crippen LogP contribution in [0.15, 0.2) is 30.6 Å². The van der Waals surface area contributed by atoms with Crippen LogP contribution >= 0.6 is 0 Å². The minimum absolute atomic E-state index is 0.0812. The van der Waals surface area contributed by atoms with Crippen molar-refractivity contribution < 1.29 is 9.53 Å². The number of carbonyl (C=O) groups is 1. The summed E-state index contributed by atoms with van der Waals surface area (Å²) in [6.07, 6.45) is 5.84. The fourth-order valence-corrected chi connectivity index (χ4v) is 3.14. The molecule has 1 N–H and O–H groups in total. The van der Waals surface area contributed by atoms with Gasteiger partial charge >= 0.3 is 0 Å². The van der Waals surface area contributed by atoms with Crippen LogP contribution in [0.1, 0.15) is 29.6 Å². The Kier molecular flexibility index (Phi) is 3.67. The van der Waals surface area contributed by atoms with E-state index in [0.717, 1.165) is 48.5 Å². The molecule has 0 amide bonds. The summed E-state index contributed by atoms with van der Waals surface area (Å²) in [7, 11) is 0. The third-order valence-corrected chi connectivity index (χ3v) is 4.35. The highest BCUT2D eigenvalue weighted by Crippen LogP contribution is 2.38. The highest BCUT2D eigenvalue weighted by molar-refractivity contribution is 5.86. The maximum atomic E-state index is 10.8. The average Bonchev–Trinajstić information content (AvgIpc) is 3.07. The Balaban J connectivity index is 1.68. The molecule has 0 bridgehead atoms. The highest BCUT2D eigenvalue weighted by Gasteiger charge is 2.31. The van der Waals surface area contributed by atoms with Crippen molar-refractivity contribution in [2.24, 2.45) is 0 Å². The first-order chi connectivity index (χ1) is 11.4. The Morgan fingerprint density at radius 3 is 2.83 bits per heavy atom. The van der Waals surface area contributed by atoms with Gasteiger partial charge in [0.25, 0.3) is 0 Å². The molecule has 6 heteroatoms. The maximum absolute atomic E-state index is 10.8. The van der Waals surface area contributed by atoms with Crippen LogP contribution < -0.4 is 10.2 Å². The summed E-state index contributed by atoms with van der Waals surface area (Å²) in [6, 6.07) is 7.42. The molecular weight excluding hydrogens is 292 g/mol. The second kappa shape index (κ2) is 5.96. The number of benzene rings is 1. The second-order valence-electron chi connectivity index (χ2n) is 5.79. The molecule has 1 saturated heterocycles. The number of hydrogen-bond acceptors (Lipinski definition) is 6. The van der Waals surface area contributed by atoms with Crippen LogP contribution in [0, 0.1) is 0 Å². The van der Waals surface area contributed by atoms with Crippen LogP contribution in [0.4, 0.5) is 11.5 Å². The first-order valence-corrected chi connectivity index (χ1v) is 7.89. The molecule has 3 heterocycles. The molecular formula is C17H18N4O2. The first-order valence-electron chi connectivity index (χ1n) is 7.89. The lowest BCUT2D eigenvalue weighted by molar-refractivity contribution is 0.0155. The van der Waals surface area contributed by atoms with Gasteiger partial charge in [-0.1, -0.05) is 24.3 Å². The SMILES string of the molecule is O=Cc1ccc(-c2ncnc3c2NCN3C2CCCCO2)cc1. The van der Waals surface area contributed by atoms with Gasteiger partial charge in [-0.15, -0.1) is 0 Å². The predicted molar refractivity (Wildman–Crippen MR) is 87.4 cm³/mol. The molecule has 2 aliphatic heterocycles. The van der Waals surface area contributed by atoms with E-state index in [0.29, 0.717) is 12.2 Å². The minimum Gasteiger partial charge on any atom is -0.363 e. The number of rotatable bonds is 3. The topological polar surface area (TPSA) is 67.4 Å². The summed E-state index contributed by atoms with van der Waals surface area (Å²) in [4.78, 5) is 21.8. The number of carbonyl (C=O) groups excluding carboxylic acids is 1. The zero-order valence-corrected chi connectivity index (χ0v) is 12.7. The van der Waals surface area contributed by atoms with E-state index in [1.54, 1.807) is 18.5 Å². The van der Waals surface area contributed by atoms with Gasteiger partial charge in [-0.3, -0.25) is 4.79 Å². The van der Waals surface area contributed by atoms with Crippen molar-refractivity contribution in [1.82, 2.24) is 9.97 Å². The molecule has 0 spiro atoms. The van der Waals surface area contributed by atoms with Gasteiger partial charge in [0.2, 0.25) is 0 Å². The second-order valence-corrected chi connectivity index (χ2v) is 5.79.